The van der Waals surface area contributed by atoms with Crippen molar-refractivity contribution in [2.45, 2.75) is 26.3 Å². The quantitative estimate of drug-likeness (QED) is 0.650. The number of aryl methyl sites for hydroxylation is 1. The van der Waals surface area contributed by atoms with Crippen molar-refractivity contribution in [2.24, 2.45) is 0 Å². The van der Waals surface area contributed by atoms with Crippen molar-refractivity contribution >= 4 is 27.3 Å². The molecule has 0 aliphatic carbocycles. The molecule has 2 rings (SSSR count). The van der Waals surface area contributed by atoms with E-state index in [0.29, 0.717) is 23.7 Å². The number of hydrogen-bond acceptors (Lipinski definition) is 4. The Morgan fingerprint density at radius 2 is 1.93 bits per heavy atom. The molecule has 0 aromatic heterocycles. The SMILES string of the molecule is C=CCOc1cccc(NC(=O)[C@H](C)N(c2ccc(CC)cc2)S(C)(=O)=O)c1. The monoisotopic (exact) mass is 402 g/mol. The third kappa shape index (κ3) is 5.60. The molecule has 0 aliphatic rings. The van der Waals surface area contributed by atoms with Crippen molar-refractivity contribution in [3.05, 3.63) is 66.7 Å². The number of nitrogens with zero attached hydrogens (tertiary/aromatic N) is 1. The van der Waals surface area contributed by atoms with Crippen LogP contribution in [0.5, 0.6) is 5.75 Å². The van der Waals surface area contributed by atoms with Gasteiger partial charge in [-0.25, -0.2) is 8.42 Å². The van der Waals surface area contributed by atoms with Crippen LogP contribution in [0.15, 0.2) is 61.2 Å². The Kier molecular flexibility index (Phi) is 7.23. The second kappa shape index (κ2) is 9.41. The highest BCUT2D eigenvalue weighted by Crippen LogP contribution is 2.23. The van der Waals surface area contributed by atoms with Gasteiger partial charge in [0.15, 0.2) is 0 Å². The maximum absolute atomic E-state index is 12.7. The highest BCUT2D eigenvalue weighted by atomic mass is 32.2. The fourth-order valence-electron chi connectivity index (χ4n) is 2.75. The number of carbonyl (C=O) groups excluding carboxylic acids is 1. The Bertz CT molecular complexity index is 924. The van der Waals surface area contributed by atoms with Gasteiger partial charge in [-0.1, -0.05) is 37.8 Å². The summed E-state index contributed by atoms with van der Waals surface area (Å²) >= 11 is 0. The Morgan fingerprint density at radius 1 is 1.25 bits per heavy atom. The van der Waals surface area contributed by atoms with Crippen LogP contribution in [-0.4, -0.2) is 33.2 Å². The molecule has 1 amide bonds. The predicted molar refractivity (Wildman–Crippen MR) is 113 cm³/mol. The van der Waals surface area contributed by atoms with Crippen LogP contribution in [0.25, 0.3) is 0 Å². The topological polar surface area (TPSA) is 75.7 Å². The number of amides is 1. The van der Waals surface area contributed by atoms with Crippen molar-refractivity contribution in [3.63, 3.8) is 0 Å². The van der Waals surface area contributed by atoms with Crippen molar-refractivity contribution < 1.29 is 17.9 Å². The first-order valence-electron chi connectivity index (χ1n) is 8.99. The van der Waals surface area contributed by atoms with Crippen molar-refractivity contribution in [1.82, 2.24) is 0 Å². The molecule has 7 heteroatoms. The Labute approximate surface area is 166 Å². The van der Waals surface area contributed by atoms with Gasteiger partial charge in [0.05, 0.1) is 11.9 Å². The zero-order chi connectivity index (χ0) is 20.7. The van der Waals surface area contributed by atoms with Gasteiger partial charge in [0.1, 0.15) is 18.4 Å². The maximum atomic E-state index is 12.7. The van der Waals surface area contributed by atoms with E-state index >= 15 is 0 Å². The Balaban J connectivity index is 2.23. The number of hydrogen-bond donors (Lipinski definition) is 1. The normalized spacial score (nSPS) is 12.1. The second-order valence-corrected chi connectivity index (χ2v) is 8.23. The number of benzene rings is 2. The van der Waals surface area contributed by atoms with Gasteiger partial charge in [0.2, 0.25) is 15.9 Å². The first-order chi connectivity index (χ1) is 13.3. The summed E-state index contributed by atoms with van der Waals surface area (Å²) in [5.74, 6) is 0.145. The highest BCUT2D eigenvalue weighted by molar-refractivity contribution is 7.92. The summed E-state index contributed by atoms with van der Waals surface area (Å²) in [7, 11) is -3.66. The predicted octanol–water partition coefficient (Wildman–Crippen LogP) is 3.61. The standard InChI is InChI=1S/C21H26N2O4S/c1-5-14-27-20-9-7-8-18(15-20)22-21(24)16(3)23(28(4,25)26)19-12-10-17(6-2)11-13-19/h5,7-13,15-16H,1,6,14H2,2-4H3,(H,22,24)/t16-/m0/s1. The summed E-state index contributed by atoms with van der Waals surface area (Å²) < 4.78 is 31.3. The maximum Gasteiger partial charge on any atom is 0.247 e. The van der Waals surface area contributed by atoms with E-state index in [2.05, 4.69) is 11.9 Å². The molecule has 6 nitrogen and oxygen atoms in total. The van der Waals surface area contributed by atoms with Gasteiger partial charge in [-0.2, -0.15) is 0 Å². The van der Waals surface area contributed by atoms with Crippen LogP contribution in [0, 0.1) is 0 Å². The smallest absolute Gasteiger partial charge is 0.247 e. The van der Waals surface area contributed by atoms with Crippen LogP contribution < -0.4 is 14.4 Å². The molecule has 0 saturated heterocycles. The largest absolute Gasteiger partial charge is 0.489 e. The summed E-state index contributed by atoms with van der Waals surface area (Å²) in [5.41, 5.74) is 2.06. The molecule has 150 valence electrons. The van der Waals surface area contributed by atoms with E-state index < -0.39 is 22.0 Å². The summed E-state index contributed by atoms with van der Waals surface area (Å²) in [6, 6.07) is 13.1. The van der Waals surface area contributed by atoms with E-state index in [0.717, 1.165) is 22.5 Å². The van der Waals surface area contributed by atoms with Gasteiger partial charge >= 0.3 is 0 Å². The molecule has 28 heavy (non-hydrogen) atoms. The first-order valence-corrected chi connectivity index (χ1v) is 10.8. The van der Waals surface area contributed by atoms with E-state index in [1.54, 1.807) is 49.4 Å². The molecule has 0 heterocycles. The average Bonchev–Trinajstić information content (AvgIpc) is 2.66. The summed E-state index contributed by atoms with van der Waals surface area (Å²) in [5, 5.41) is 2.75. The number of anilines is 2. The van der Waals surface area contributed by atoms with Crippen LogP contribution in [0.1, 0.15) is 19.4 Å². The van der Waals surface area contributed by atoms with Crippen LogP contribution in [0.2, 0.25) is 0 Å². The molecule has 0 bridgehead atoms. The van der Waals surface area contributed by atoms with Crippen molar-refractivity contribution in [2.75, 3.05) is 22.5 Å². The van der Waals surface area contributed by atoms with Gasteiger partial charge in [-0.05, 0) is 43.2 Å². The summed E-state index contributed by atoms with van der Waals surface area (Å²) in [6.07, 6.45) is 3.56. The van der Waals surface area contributed by atoms with E-state index in [9.17, 15) is 13.2 Å². The molecule has 0 radical (unpaired) electrons. The van der Waals surface area contributed by atoms with Gasteiger partial charge < -0.3 is 10.1 Å². The zero-order valence-corrected chi connectivity index (χ0v) is 17.2. The molecule has 1 N–H and O–H groups in total. The molecule has 1 atom stereocenters. The molecule has 0 saturated carbocycles. The summed E-state index contributed by atoms with van der Waals surface area (Å²) in [4.78, 5) is 12.7. The fourth-order valence-corrected chi connectivity index (χ4v) is 3.93. The first kappa shape index (κ1) is 21.5. The van der Waals surface area contributed by atoms with E-state index in [4.69, 9.17) is 4.74 Å². The molecule has 0 aliphatic heterocycles. The van der Waals surface area contributed by atoms with Crippen LogP contribution >= 0.6 is 0 Å². The van der Waals surface area contributed by atoms with Crippen LogP contribution in [0.3, 0.4) is 0 Å². The number of sulfonamides is 1. The van der Waals surface area contributed by atoms with Gasteiger partial charge in [-0.15, -0.1) is 0 Å². The van der Waals surface area contributed by atoms with Crippen LogP contribution in [0.4, 0.5) is 11.4 Å². The molecular weight excluding hydrogens is 376 g/mol. The molecule has 0 spiro atoms. The highest BCUT2D eigenvalue weighted by Gasteiger charge is 2.29. The zero-order valence-electron chi connectivity index (χ0n) is 16.4. The van der Waals surface area contributed by atoms with Gasteiger partial charge in [0.25, 0.3) is 0 Å². The lowest BCUT2D eigenvalue weighted by Crippen LogP contribution is -2.45. The lowest BCUT2D eigenvalue weighted by Gasteiger charge is -2.28. The number of ether oxygens (including phenoxy) is 1. The lowest BCUT2D eigenvalue weighted by atomic mass is 10.1. The molecule has 2 aromatic carbocycles. The third-order valence-corrected chi connectivity index (χ3v) is 5.40. The Morgan fingerprint density at radius 3 is 2.50 bits per heavy atom. The van der Waals surface area contributed by atoms with E-state index in [1.807, 2.05) is 19.1 Å². The molecular formula is C21H26N2O4S. The van der Waals surface area contributed by atoms with Gasteiger partial charge in [0, 0.05) is 11.8 Å². The summed E-state index contributed by atoms with van der Waals surface area (Å²) in [6.45, 7) is 7.52. The average molecular weight is 403 g/mol. The number of nitrogens with one attached hydrogen (secondary N) is 1. The van der Waals surface area contributed by atoms with E-state index in [-0.39, 0.29) is 0 Å². The molecule has 2 aromatic rings. The molecule has 0 unspecified atom stereocenters. The lowest BCUT2D eigenvalue weighted by molar-refractivity contribution is -0.116. The number of rotatable bonds is 9. The number of carbonyl (C=O) groups is 1. The van der Waals surface area contributed by atoms with Crippen molar-refractivity contribution in [1.29, 1.82) is 0 Å². The van der Waals surface area contributed by atoms with E-state index in [1.165, 1.54) is 0 Å². The molecule has 0 fully saturated rings. The van der Waals surface area contributed by atoms with Crippen LogP contribution in [-0.2, 0) is 21.2 Å². The van der Waals surface area contributed by atoms with Crippen molar-refractivity contribution in [3.8, 4) is 5.75 Å². The fraction of sp³-hybridized carbons (Fsp3) is 0.286. The third-order valence-electron chi connectivity index (χ3n) is 4.16. The minimum Gasteiger partial charge on any atom is -0.489 e. The Hall–Kier alpha value is -2.80. The minimum atomic E-state index is -3.66. The minimum absolute atomic E-state index is 0.351. The van der Waals surface area contributed by atoms with Gasteiger partial charge in [-0.3, -0.25) is 9.10 Å². The second-order valence-electron chi connectivity index (χ2n) is 6.37.